The normalized spacial score (nSPS) is 11.8. The van der Waals surface area contributed by atoms with Gasteiger partial charge in [0.25, 0.3) is 0 Å². The molecule has 2 aromatic carbocycles. The van der Waals surface area contributed by atoms with E-state index >= 15 is 0 Å². The molecule has 2 rings (SSSR count). The van der Waals surface area contributed by atoms with Crippen LogP contribution in [0.15, 0.2) is 53.0 Å². The molecule has 0 spiro atoms. The van der Waals surface area contributed by atoms with Gasteiger partial charge in [0, 0.05) is 10.2 Å². The number of hydrogen-bond donors (Lipinski definition) is 1. The van der Waals surface area contributed by atoms with Crippen LogP contribution in [0.1, 0.15) is 12.5 Å². The van der Waals surface area contributed by atoms with Crippen LogP contribution in [-0.4, -0.2) is 18.3 Å². The van der Waals surface area contributed by atoms with Gasteiger partial charge in [0.1, 0.15) is 5.75 Å². The van der Waals surface area contributed by atoms with E-state index in [2.05, 4.69) is 33.4 Å². The topological polar surface area (TPSA) is 38.3 Å². The molecule has 0 fully saturated rings. The number of ether oxygens (including phenoxy) is 1. The number of benzene rings is 2. The smallest absolute Gasteiger partial charge is 0.237 e. The number of nitrogens with one attached hydrogen (secondary N) is 1. The highest BCUT2D eigenvalue weighted by Gasteiger charge is 2.15. The number of amides is 1. The number of anilines is 1. The average molecular weight is 380 g/mol. The number of rotatable bonds is 6. The molecule has 0 radical (unpaired) electrons. The number of para-hydroxylation sites is 2. The van der Waals surface area contributed by atoms with Gasteiger partial charge in [0.05, 0.1) is 18.0 Å². The van der Waals surface area contributed by atoms with E-state index in [-0.39, 0.29) is 11.2 Å². The first-order chi connectivity index (χ1) is 10.6. The highest BCUT2D eigenvalue weighted by Crippen LogP contribution is 2.25. The van der Waals surface area contributed by atoms with Gasteiger partial charge in [-0.25, -0.2) is 0 Å². The number of methoxy groups -OCH3 is 1. The molecule has 2 aromatic rings. The summed E-state index contributed by atoms with van der Waals surface area (Å²) in [6.45, 7) is 1.91. The Labute approximate surface area is 143 Å². The van der Waals surface area contributed by atoms with E-state index in [1.165, 1.54) is 5.56 Å². The molecular weight excluding hydrogens is 362 g/mol. The molecule has 0 saturated heterocycles. The minimum Gasteiger partial charge on any atom is -0.495 e. The van der Waals surface area contributed by atoms with E-state index in [1.807, 2.05) is 43.3 Å². The minimum atomic E-state index is -0.149. The first-order valence-corrected chi connectivity index (χ1v) is 8.74. The molecule has 5 heteroatoms. The van der Waals surface area contributed by atoms with Crippen LogP contribution in [0.3, 0.4) is 0 Å². The van der Waals surface area contributed by atoms with Crippen molar-refractivity contribution in [2.75, 3.05) is 12.4 Å². The van der Waals surface area contributed by atoms with Crippen molar-refractivity contribution in [2.24, 2.45) is 0 Å². The lowest BCUT2D eigenvalue weighted by Crippen LogP contribution is -2.22. The second-order valence-electron chi connectivity index (χ2n) is 4.77. The van der Waals surface area contributed by atoms with Crippen molar-refractivity contribution in [1.29, 1.82) is 0 Å². The average Bonchev–Trinajstić information content (AvgIpc) is 2.53. The van der Waals surface area contributed by atoms with Gasteiger partial charge in [-0.2, -0.15) is 0 Å². The van der Waals surface area contributed by atoms with Gasteiger partial charge in [-0.3, -0.25) is 4.79 Å². The lowest BCUT2D eigenvalue weighted by molar-refractivity contribution is -0.115. The first kappa shape index (κ1) is 16.9. The van der Waals surface area contributed by atoms with E-state index in [0.717, 1.165) is 10.2 Å². The fourth-order valence-corrected chi connectivity index (χ4v) is 3.18. The number of halogens is 1. The molecule has 0 aliphatic carbocycles. The van der Waals surface area contributed by atoms with Crippen LogP contribution in [0.5, 0.6) is 5.75 Å². The SMILES string of the molecule is COc1ccccc1NC(=O)C(C)SCc1cccc(Br)c1. The molecule has 116 valence electrons. The third-order valence-corrected chi connectivity index (χ3v) is 4.83. The van der Waals surface area contributed by atoms with Gasteiger partial charge in [0.15, 0.2) is 0 Å². The molecule has 0 aromatic heterocycles. The standard InChI is InChI=1S/C17H18BrNO2S/c1-12(22-11-13-6-5-7-14(18)10-13)17(20)19-15-8-3-4-9-16(15)21-2/h3-10,12H,11H2,1-2H3,(H,19,20). The lowest BCUT2D eigenvalue weighted by atomic mass is 10.2. The zero-order valence-corrected chi connectivity index (χ0v) is 14.9. The molecule has 3 nitrogen and oxygen atoms in total. The van der Waals surface area contributed by atoms with Crippen molar-refractivity contribution in [3.63, 3.8) is 0 Å². The minimum absolute atomic E-state index is 0.0236. The lowest BCUT2D eigenvalue weighted by Gasteiger charge is -2.14. The summed E-state index contributed by atoms with van der Waals surface area (Å²) >= 11 is 5.06. The Balaban J connectivity index is 1.92. The third kappa shape index (κ3) is 4.78. The van der Waals surface area contributed by atoms with Crippen molar-refractivity contribution in [3.8, 4) is 5.75 Å². The summed E-state index contributed by atoms with van der Waals surface area (Å²) in [5.41, 5.74) is 1.89. The zero-order chi connectivity index (χ0) is 15.9. The van der Waals surface area contributed by atoms with Crippen LogP contribution in [0.25, 0.3) is 0 Å². The Morgan fingerprint density at radius 2 is 2.05 bits per heavy atom. The van der Waals surface area contributed by atoms with Gasteiger partial charge >= 0.3 is 0 Å². The Kier molecular flexibility index (Phi) is 6.34. The van der Waals surface area contributed by atoms with E-state index in [1.54, 1.807) is 18.9 Å². The summed E-state index contributed by atoms with van der Waals surface area (Å²) in [4.78, 5) is 12.3. The molecule has 1 N–H and O–H groups in total. The van der Waals surface area contributed by atoms with Crippen molar-refractivity contribution in [2.45, 2.75) is 17.9 Å². The summed E-state index contributed by atoms with van der Waals surface area (Å²) in [5.74, 6) is 1.43. The number of carbonyl (C=O) groups excluding carboxylic acids is 1. The Morgan fingerprint density at radius 3 is 2.77 bits per heavy atom. The first-order valence-electron chi connectivity index (χ1n) is 6.90. The van der Waals surface area contributed by atoms with Gasteiger partial charge < -0.3 is 10.1 Å². The molecule has 0 bridgehead atoms. The molecule has 1 unspecified atom stereocenters. The molecule has 0 aliphatic rings. The van der Waals surface area contributed by atoms with E-state index in [4.69, 9.17) is 4.74 Å². The molecule has 22 heavy (non-hydrogen) atoms. The van der Waals surface area contributed by atoms with E-state index < -0.39 is 0 Å². The van der Waals surface area contributed by atoms with Gasteiger partial charge in [0.2, 0.25) is 5.91 Å². The fourth-order valence-electron chi connectivity index (χ4n) is 1.91. The van der Waals surface area contributed by atoms with E-state index in [0.29, 0.717) is 11.4 Å². The summed E-state index contributed by atoms with van der Waals surface area (Å²) in [5, 5.41) is 2.77. The van der Waals surface area contributed by atoms with Crippen LogP contribution < -0.4 is 10.1 Å². The zero-order valence-electron chi connectivity index (χ0n) is 12.5. The van der Waals surface area contributed by atoms with Gasteiger partial charge in [-0.15, -0.1) is 11.8 Å². The molecule has 1 amide bonds. The molecule has 0 heterocycles. The van der Waals surface area contributed by atoms with Crippen molar-refractivity contribution < 1.29 is 9.53 Å². The summed E-state index contributed by atoms with van der Waals surface area (Å²) < 4.78 is 6.29. The maximum atomic E-state index is 12.3. The monoisotopic (exact) mass is 379 g/mol. The summed E-state index contributed by atoms with van der Waals surface area (Å²) in [6.07, 6.45) is 0. The molecule has 0 saturated carbocycles. The van der Waals surface area contributed by atoms with Crippen LogP contribution in [0, 0.1) is 0 Å². The maximum absolute atomic E-state index is 12.3. The molecular formula is C17H18BrNO2S. The number of hydrogen-bond acceptors (Lipinski definition) is 3. The molecule has 0 aliphatic heterocycles. The highest BCUT2D eigenvalue weighted by atomic mass is 79.9. The van der Waals surface area contributed by atoms with Crippen LogP contribution >= 0.6 is 27.7 Å². The number of carbonyl (C=O) groups is 1. The Hall–Kier alpha value is -1.46. The van der Waals surface area contributed by atoms with Crippen molar-refractivity contribution >= 4 is 39.3 Å². The van der Waals surface area contributed by atoms with Gasteiger partial charge in [-0.05, 0) is 36.8 Å². The summed E-state index contributed by atoms with van der Waals surface area (Å²) in [7, 11) is 1.59. The quantitative estimate of drug-likeness (QED) is 0.788. The predicted molar refractivity (Wildman–Crippen MR) is 96.5 cm³/mol. The van der Waals surface area contributed by atoms with Crippen molar-refractivity contribution in [1.82, 2.24) is 0 Å². The Bertz CT molecular complexity index is 648. The second-order valence-corrected chi connectivity index (χ2v) is 7.02. The second kappa shape index (κ2) is 8.25. The van der Waals surface area contributed by atoms with Crippen molar-refractivity contribution in [3.05, 3.63) is 58.6 Å². The third-order valence-electron chi connectivity index (χ3n) is 3.12. The number of thioether (sulfide) groups is 1. The van der Waals surface area contributed by atoms with Gasteiger partial charge in [-0.1, -0.05) is 40.2 Å². The van der Waals surface area contributed by atoms with Crippen LogP contribution in [-0.2, 0) is 10.5 Å². The predicted octanol–water partition coefficient (Wildman–Crippen LogP) is 4.72. The van der Waals surface area contributed by atoms with Crippen LogP contribution in [0.2, 0.25) is 0 Å². The van der Waals surface area contributed by atoms with Crippen LogP contribution in [0.4, 0.5) is 5.69 Å². The molecule has 1 atom stereocenters. The largest absolute Gasteiger partial charge is 0.495 e. The fraction of sp³-hybridized carbons (Fsp3) is 0.235. The maximum Gasteiger partial charge on any atom is 0.237 e. The Morgan fingerprint density at radius 1 is 1.27 bits per heavy atom. The highest BCUT2D eigenvalue weighted by molar-refractivity contribution is 9.10. The van der Waals surface area contributed by atoms with E-state index in [9.17, 15) is 4.79 Å². The summed E-state index contributed by atoms with van der Waals surface area (Å²) in [6, 6.07) is 15.5.